The van der Waals surface area contributed by atoms with Crippen molar-refractivity contribution in [2.45, 2.75) is 82.2 Å². The van der Waals surface area contributed by atoms with Crippen LogP contribution in [0.5, 0.6) is 0 Å². The number of nitrogen functional groups attached to an aromatic ring is 1. The van der Waals surface area contributed by atoms with Crippen LogP contribution in [0.4, 0.5) is 10.2 Å². The van der Waals surface area contributed by atoms with E-state index in [9.17, 15) is 9.18 Å². The second-order valence-corrected chi connectivity index (χ2v) is 10.5. The summed E-state index contributed by atoms with van der Waals surface area (Å²) >= 11 is 0. The Balaban J connectivity index is 1.46. The largest absolute Gasteiger partial charge is 0.381 e. The molecule has 34 heavy (non-hydrogen) atoms. The molecule has 3 aliphatic rings. The van der Waals surface area contributed by atoms with Gasteiger partial charge in [-0.15, -0.1) is 5.10 Å². The third-order valence-corrected chi connectivity index (χ3v) is 8.38. The van der Waals surface area contributed by atoms with E-state index in [1.54, 1.807) is 0 Å². The third-order valence-electron chi connectivity index (χ3n) is 8.38. The molecule has 0 bridgehead atoms. The monoisotopic (exact) mass is 471 g/mol. The number of hydrogen-bond acceptors (Lipinski definition) is 6. The third kappa shape index (κ3) is 4.64. The van der Waals surface area contributed by atoms with Crippen LogP contribution in [0.3, 0.4) is 0 Å². The van der Waals surface area contributed by atoms with E-state index in [0.29, 0.717) is 17.5 Å². The Bertz CT molecular complexity index is 997. The lowest BCUT2D eigenvalue weighted by molar-refractivity contribution is 0.0393. The molecule has 2 aromatic heterocycles. The number of amides is 1. The fourth-order valence-electron chi connectivity index (χ4n) is 6.62. The van der Waals surface area contributed by atoms with Crippen LogP contribution >= 0.6 is 0 Å². The Labute approximate surface area is 200 Å². The van der Waals surface area contributed by atoms with Gasteiger partial charge >= 0.3 is 0 Å². The van der Waals surface area contributed by atoms with E-state index in [1.165, 1.54) is 62.1 Å². The van der Waals surface area contributed by atoms with Crippen molar-refractivity contribution in [3.05, 3.63) is 23.8 Å². The van der Waals surface area contributed by atoms with Crippen molar-refractivity contribution < 1.29 is 9.18 Å². The number of halogens is 1. The number of nitrogens with one attached hydrogen (secondary N) is 3. The van der Waals surface area contributed by atoms with Gasteiger partial charge in [-0.05, 0) is 44.2 Å². The number of piperidine rings is 2. The lowest BCUT2D eigenvalue weighted by Crippen LogP contribution is -2.71. The molecule has 8 nitrogen and oxygen atoms in total. The van der Waals surface area contributed by atoms with Gasteiger partial charge in [-0.1, -0.05) is 51.4 Å². The first-order chi connectivity index (χ1) is 16.6. The molecule has 1 amide bonds. The summed E-state index contributed by atoms with van der Waals surface area (Å²) in [6, 6.07) is 0.0106. The summed E-state index contributed by atoms with van der Waals surface area (Å²) in [5.41, 5.74) is 6.55. The average Bonchev–Trinajstić information content (AvgIpc) is 3.13. The first-order valence-electron chi connectivity index (χ1n) is 13.1. The molecule has 3 atom stereocenters. The number of hydrogen-bond donors (Lipinski definition) is 4. The number of fused-ring (bicyclic) bond motifs is 2. The van der Waals surface area contributed by atoms with Gasteiger partial charge in [0.1, 0.15) is 5.56 Å². The van der Waals surface area contributed by atoms with Gasteiger partial charge < -0.3 is 21.7 Å². The number of aromatic nitrogens is 3. The molecule has 2 aliphatic heterocycles. The summed E-state index contributed by atoms with van der Waals surface area (Å²) in [4.78, 5) is 17.8. The second kappa shape index (κ2) is 10.2. The summed E-state index contributed by atoms with van der Waals surface area (Å²) in [6.45, 7) is 2.94. The standard InChI is InChI=1S/C25H38FN7O/c26-18-15-29-23-20(22(27)32-33(23)16-18)24(34)31-21-19-9-12-28-13-17(19)14-30-25(21)10-7-5-3-1-2-4-6-8-11-25/h15-17,19,21,28,30H,1-14H2,(H2,27,32)(H,31,34). The van der Waals surface area contributed by atoms with Crippen molar-refractivity contribution in [1.29, 1.82) is 0 Å². The number of carbonyl (C=O) groups excluding carboxylic acids is 1. The Morgan fingerprint density at radius 2 is 1.82 bits per heavy atom. The van der Waals surface area contributed by atoms with Gasteiger partial charge in [-0.25, -0.2) is 13.9 Å². The molecule has 186 valence electrons. The normalized spacial score (nSPS) is 28.2. The number of rotatable bonds is 2. The molecule has 2 aromatic rings. The maximum absolute atomic E-state index is 13.7. The molecule has 2 saturated heterocycles. The molecular formula is C25H38FN7O. The van der Waals surface area contributed by atoms with Crippen LogP contribution in [0, 0.1) is 17.7 Å². The fourth-order valence-corrected chi connectivity index (χ4v) is 6.62. The Kier molecular flexibility index (Phi) is 7.01. The van der Waals surface area contributed by atoms with Gasteiger partial charge in [-0.2, -0.15) is 0 Å². The average molecular weight is 472 g/mol. The minimum Gasteiger partial charge on any atom is -0.381 e. The summed E-state index contributed by atoms with van der Waals surface area (Å²) in [5.74, 6) is 0.192. The van der Waals surface area contributed by atoms with Crippen LogP contribution in [0.1, 0.15) is 81.0 Å². The highest BCUT2D eigenvalue weighted by atomic mass is 19.1. The molecule has 0 aromatic carbocycles. The van der Waals surface area contributed by atoms with Crippen molar-refractivity contribution in [1.82, 2.24) is 30.5 Å². The van der Waals surface area contributed by atoms with Crippen LogP contribution in [-0.2, 0) is 0 Å². The van der Waals surface area contributed by atoms with E-state index in [4.69, 9.17) is 5.73 Å². The maximum Gasteiger partial charge on any atom is 0.259 e. The van der Waals surface area contributed by atoms with Crippen LogP contribution in [0.2, 0.25) is 0 Å². The predicted molar refractivity (Wildman–Crippen MR) is 130 cm³/mol. The molecule has 1 saturated carbocycles. The highest BCUT2D eigenvalue weighted by Gasteiger charge is 2.49. The minimum atomic E-state index is -0.521. The zero-order chi connectivity index (χ0) is 23.5. The molecule has 9 heteroatoms. The number of nitrogens with zero attached hydrogens (tertiary/aromatic N) is 3. The molecule has 1 spiro atoms. The fraction of sp³-hybridized carbons (Fsp3) is 0.720. The molecular weight excluding hydrogens is 433 g/mol. The van der Waals surface area contributed by atoms with Gasteiger partial charge in [0.05, 0.1) is 18.4 Å². The Morgan fingerprint density at radius 3 is 2.56 bits per heavy atom. The zero-order valence-corrected chi connectivity index (χ0v) is 20.0. The van der Waals surface area contributed by atoms with Gasteiger partial charge in [0.25, 0.3) is 5.91 Å². The number of nitrogens with two attached hydrogens (primary N) is 1. The molecule has 3 fully saturated rings. The topological polar surface area (TPSA) is 109 Å². The van der Waals surface area contributed by atoms with E-state index < -0.39 is 5.82 Å². The van der Waals surface area contributed by atoms with Crippen LogP contribution < -0.4 is 21.7 Å². The summed E-state index contributed by atoms with van der Waals surface area (Å²) in [7, 11) is 0. The summed E-state index contributed by atoms with van der Waals surface area (Å²) < 4.78 is 14.9. The lowest BCUT2D eigenvalue weighted by Gasteiger charge is -2.54. The van der Waals surface area contributed by atoms with Crippen LogP contribution in [0.25, 0.3) is 5.65 Å². The Hall–Kier alpha value is -2.26. The van der Waals surface area contributed by atoms with Crippen LogP contribution in [0.15, 0.2) is 12.4 Å². The minimum absolute atomic E-state index is 0.0106. The van der Waals surface area contributed by atoms with Crippen molar-refractivity contribution in [3.63, 3.8) is 0 Å². The number of anilines is 1. The highest BCUT2D eigenvalue weighted by Crippen LogP contribution is 2.40. The first kappa shape index (κ1) is 23.5. The molecule has 0 radical (unpaired) electrons. The van der Waals surface area contributed by atoms with Gasteiger partial charge in [0.15, 0.2) is 17.3 Å². The van der Waals surface area contributed by atoms with Gasteiger partial charge in [-0.3, -0.25) is 4.79 Å². The molecule has 5 rings (SSSR count). The molecule has 1 aliphatic carbocycles. The SMILES string of the molecule is Nc1nn2cc(F)cnc2c1C(=O)NC1C2CCNCC2CNC12CCCCCCCCCC2. The Morgan fingerprint density at radius 1 is 1.12 bits per heavy atom. The van der Waals surface area contributed by atoms with E-state index in [-0.39, 0.29) is 28.9 Å². The van der Waals surface area contributed by atoms with E-state index in [2.05, 4.69) is 26.0 Å². The van der Waals surface area contributed by atoms with Crippen molar-refractivity contribution in [3.8, 4) is 0 Å². The molecule has 5 N–H and O–H groups in total. The zero-order valence-electron chi connectivity index (χ0n) is 20.0. The van der Waals surface area contributed by atoms with Crippen molar-refractivity contribution in [2.24, 2.45) is 11.8 Å². The lowest BCUT2D eigenvalue weighted by atomic mass is 9.65. The van der Waals surface area contributed by atoms with E-state index in [0.717, 1.165) is 45.1 Å². The summed E-state index contributed by atoms with van der Waals surface area (Å²) in [6.07, 6.45) is 15.6. The van der Waals surface area contributed by atoms with Gasteiger partial charge in [0.2, 0.25) is 0 Å². The first-order valence-corrected chi connectivity index (χ1v) is 13.1. The number of carbonyl (C=O) groups is 1. The van der Waals surface area contributed by atoms with E-state index >= 15 is 0 Å². The van der Waals surface area contributed by atoms with Crippen molar-refractivity contribution in [2.75, 3.05) is 25.4 Å². The highest BCUT2D eigenvalue weighted by molar-refractivity contribution is 6.04. The predicted octanol–water partition coefficient (Wildman–Crippen LogP) is 3.03. The smallest absolute Gasteiger partial charge is 0.259 e. The quantitative estimate of drug-likeness (QED) is 0.536. The van der Waals surface area contributed by atoms with E-state index in [1.807, 2.05) is 0 Å². The van der Waals surface area contributed by atoms with Crippen molar-refractivity contribution >= 4 is 17.4 Å². The molecule has 3 unspecified atom stereocenters. The van der Waals surface area contributed by atoms with Gasteiger partial charge in [0, 0.05) is 12.1 Å². The summed E-state index contributed by atoms with van der Waals surface area (Å²) in [5, 5.41) is 15.1. The molecule has 4 heterocycles. The second-order valence-electron chi connectivity index (χ2n) is 10.5. The van der Waals surface area contributed by atoms with Crippen LogP contribution in [-0.4, -0.2) is 51.7 Å². The maximum atomic E-state index is 13.7.